The summed E-state index contributed by atoms with van der Waals surface area (Å²) >= 11 is -1.29. The fraction of sp³-hybridized carbons (Fsp3) is 0.154. The van der Waals surface area contributed by atoms with Gasteiger partial charge in [-0.25, -0.2) is 31.0 Å². The molecule has 0 saturated heterocycles. The van der Waals surface area contributed by atoms with E-state index in [0.29, 0.717) is 10.6 Å². The Bertz CT molecular complexity index is 1580. The predicted molar refractivity (Wildman–Crippen MR) is 147 cm³/mol. The number of carbonyl (C=O) groups is 1. The van der Waals surface area contributed by atoms with Crippen molar-refractivity contribution in [2.45, 2.75) is 31.1 Å². The van der Waals surface area contributed by atoms with Gasteiger partial charge in [0.05, 0.1) is 10.6 Å². The smallest absolute Gasteiger partial charge is 0.267 e. The van der Waals surface area contributed by atoms with Crippen LogP contribution in [0.15, 0.2) is 83.1 Å². The van der Waals surface area contributed by atoms with Gasteiger partial charge in [-0.2, -0.15) is 0 Å². The second-order valence-electron chi connectivity index (χ2n) is 9.30. The maximum atomic E-state index is 13.2. The molecule has 12 heteroatoms. The van der Waals surface area contributed by atoms with Crippen LogP contribution in [0, 0.1) is 5.82 Å². The van der Waals surface area contributed by atoms with Crippen LogP contribution in [0.4, 0.5) is 15.9 Å². The molecule has 0 bridgehead atoms. The first kappa shape index (κ1) is 27.6. The lowest BCUT2D eigenvalue weighted by Crippen LogP contribution is -2.30. The third-order valence-corrected chi connectivity index (χ3v) is 8.51. The standard InChI is InChI=1S/C26H24FN3O5S3/c1-26(2,3)19-8-14-22(15-9-19)38(34,35)29-24(31)17-6-12-21(13-7-17)30(37(32)33)23-16-36-25(28-23)18-4-10-20(27)11-5-18/h4-16H,1-3H3,(H,29,31)(H,32,33). The van der Waals surface area contributed by atoms with Crippen molar-refractivity contribution in [3.8, 4) is 10.6 Å². The molecule has 4 aromatic rings. The lowest BCUT2D eigenvalue weighted by atomic mass is 9.87. The summed E-state index contributed by atoms with van der Waals surface area (Å²) in [5.41, 5.74) is 1.73. The summed E-state index contributed by atoms with van der Waals surface area (Å²) in [5, 5.41) is 2.09. The van der Waals surface area contributed by atoms with Gasteiger partial charge in [-0.3, -0.25) is 9.35 Å². The number of rotatable bonds is 7. The Balaban J connectivity index is 1.52. The van der Waals surface area contributed by atoms with Gasteiger partial charge in [-0.1, -0.05) is 32.9 Å². The second kappa shape index (κ2) is 10.7. The van der Waals surface area contributed by atoms with Gasteiger partial charge in [-0.15, -0.1) is 11.3 Å². The predicted octanol–water partition coefficient (Wildman–Crippen LogP) is 5.64. The Kier molecular flexibility index (Phi) is 7.79. The van der Waals surface area contributed by atoms with Crippen LogP contribution in [0.2, 0.25) is 0 Å². The topological polar surface area (TPSA) is 117 Å². The zero-order valence-electron chi connectivity index (χ0n) is 20.6. The molecule has 38 heavy (non-hydrogen) atoms. The first-order valence-electron chi connectivity index (χ1n) is 11.3. The van der Waals surface area contributed by atoms with Crippen molar-refractivity contribution in [3.63, 3.8) is 0 Å². The first-order valence-corrected chi connectivity index (χ1v) is 14.7. The number of sulfonamides is 1. The Morgan fingerprint density at radius 2 is 1.61 bits per heavy atom. The highest BCUT2D eigenvalue weighted by Gasteiger charge is 2.22. The fourth-order valence-electron chi connectivity index (χ4n) is 3.51. The number of hydrogen-bond acceptors (Lipinski definition) is 6. The van der Waals surface area contributed by atoms with Gasteiger partial charge >= 0.3 is 0 Å². The molecule has 2 N–H and O–H groups in total. The fourth-order valence-corrected chi connectivity index (χ4v) is 5.90. The summed E-state index contributed by atoms with van der Waals surface area (Å²) in [4.78, 5) is 17.0. The normalized spacial score (nSPS) is 12.7. The highest BCUT2D eigenvalue weighted by molar-refractivity contribution is 7.90. The quantitative estimate of drug-likeness (QED) is 0.277. The van der Waals surface area contributed by atoms with Gasteiger partial charge in [0.25, 0.3) is 27.2 Å². The highest BCUT2D eigenvalue weighted by atomic mass is 32.2. The molecule has 3 aromatic carbocycles. The number of hydrogen-bond donors (Lipinski definition) is 2. The number of aromatic nitrogens is 1. The lowest BCUT2D eigenvalue weighted by molar-refractivity contribution is 0.0981. The molecule has 8 nitrogen and oxygen atoms in total. The van der Waals surface area contributed by atoms with Gasteiger partial charge in [0.15, 0.2) is 5.82 Å². The SMILES string of the molecule is CC(C)(C)c1ccc(S(=O)(=O)NC(=O)c2ccc(N(c3csc(-c4ccc(F)cc4)n3)S(=O)O)cc2)cc1. The van der Waals surface area contributed by atoms with Crippen LogP contribution in [0.5, 0.6) is 0 Å². The number of nitrogens with zero attached hydrogens (tertiary/aromatic N) is 2. The minimum absolute atomic E-state index is 0.0394. The number of anilines is 2. The zero-order valence-corrected chi connectivity index (χ0v) is 23.0. The van der Waals surface area contributed by atoms with E-state index in [0.717, 1.165) is 9.87 Å². The molecular weight excluding hydrogens is 550 g/mol. The van der Waals surface area contributed by atoms with E-state index in [1.165, 1.54) is 59.9 Å². The molecule has 1 amide bonds. The molecule has 1 heterocycles. The maximum absolute atomic E-state index is 13.2. The van der Waals surface area contributed by atoms with E-state index >= 15 is 0 Å². The molecule has 4 rings (SSSR count). The average Bonchev–Trinajstić information content (AvgIpc) is 3.33. The van der Waals surface area contributed by atoms with Gasteiger partial charge in [-0.05, 0) is 71.6 Å². The lowest BCUT2D eigenvalue weighted by Gasteiger charge is -2.19. The molecule has 0 saturated carbocycles. The average molecular weight is 574 g/mol. The molecule has 1 atom stereocenters. The van der Waals surface area contributed by atoms with Crippen LogP contribution in [0.3, 0.4) is 0 Å². The molecule has 1 aromatic heterocycles. The van der Waals surface area contributed by atoms with Gasteiger partial charge < -0.3 is 0 Å². The van der Waals surface area contributed by atoms with E-state index in [9.17, 15) is 26.4 Å². The molecule has 1 unspecified atom stereocenters. The van der Waals surface area contributed by atoms with Gasteiger partial charge in [0.2, 0.25) is 0 Å². The minimum atomic E-state index is -4.11. The third kappa shape index (κ3) is 6.16. The second-order valence-corrected chi connectivity index (χ2v) is 12.7. The van der Waals surface area contributed by atoms with Crippen molar-refractivity contribution in [1.29, 1.82) is 0 Å². The summed E-state index contributed by atoms with van der Waals surface area (Å²) < 4.78 is 63.8. The largest absolute Gasteiger partial charge is 0.289 e. The third-order valence-electron chi connectivity index (χ3n) is 5.57. The highest BCUT2D eigenvalue weighted by Crippen LogP contribution is 2.32. The van der Waals surface area contributed by atoms with Crippen LogP contribution < -0.4 is 9.03 Å². The van der Waals surface area contributed by atoms with E-state index in [4.69, 9.17) is 0 Å². The Labute approximate surface area is 226 Å². The van der Waals surface area contributed by atoms with Crippen molar-refractivity contribution in [1.82, 2.24) is 9.71 Å². The Morgan fingerprint density at radius 3 is 2.16 bits per heavy atom. The van der Waals surface area contributed by atoms with E-state index < -0.39 is 27.2 Å². The molecular formula is C26H24FN3O5S3. The van der Waals surface area contributed by atoms with Crippen LogP contribution >= 0.6 is 11.3 Å². The van der Waals surface area contributed by atoms with Crippen molar-refractivity contribution in [3.05, 3.63) is 95.1 Å². The van der Waals surface area contributed by atoms with Crippen molar-refractivity contribution in [2.24, 2.45) is 0 Å². The van der Waals surface area contributed by atoms with Crippen LogP contribution in [-0.4, -0.2) is 28.1 Å². The van der Waals surface area contributed by atoms with E-state index in [1.807, 2.05) is 25.5 Å². The van der Waals surface area contributed by atoms with Crippen LogP contribution in [-0.2, 0) is 26.7 Å². The zero-order chi connectivity index (χ0) is 27.7. The number of halogens is 1. The van der Waals surface area contributed by atoms with E-state index in [-0.39, 0.29) is 33.2 Å². The molecule has 198 valence electrons. The van der Waals surface area contributed by atoms with Crippen LogP contribution in [0.25, 0.3) is 10.6 Å². The van der Waals surface area contributed by atoms with Crippen molar-refractivity contribution >= 4 is 50.0 Å². The van der Waals surface area contributed by atoms with Crippen molar-refractivity contribution < 1.29 is 26.4 Å². The molecule has 0 aliphatic carbocycles. The summed E-state index contributed by atoms with van der Waals surface area (Å²) in [7, 11) is -4.11. The van der Waals surface area contributed by atoms with Crippen LogP contribution in [0.1, 0.15) is 36.7 Å². The molecule has 0 aliphatic heterocycles. The Hall–Kier alpha value is -3.45. The number of nitrogens with one attached hydrogen (secondary N) is 1. The van der Waals surface area contributed by atoms with E-state index in [2.05, 4.69) is 4.98 Å². The first-order chi connectivity index (χ1) is 17.8. The van der Waals surface area contributed by atoms with Gasteiger partial charge in [0.1, 0.15) is 10.8 Å². The molecule has 0 aliphatic rings. The molecule has 0 radical (unpaired) electrons. The molecule has 0 fully saturated rings. The Morgan fingerprint density at radius 1 is 1.00 bits per heavy atom. The number of amides is 1. The summed E-state index contributed by atoms with van der Waals surface area (Å²) in [6.07, 6.45) is 0. The summed E-state index contributed by atoms with van der Waals surface area (Å²) in [6.45, 7) is 6.02. The molecule has 0 spiro atoms. The number of thiazole rings is 1. The number of benzene rings is 3. The summed E-state index contributed by atoms with van der Waals surface area (Å²) in [6, 6.07) is 17.5. The van der Waals surface area contributed by atoms with Crippen molar-refractivity contribution in [2.75, 3.05) is 4.31 Å². The minimum Gasteiger partial charge on any atom is -0.289 e. The summed E-state index contributed by atoms with van der Waals surface area (Å²) in [5.74, 6) is -1.06. The van der Waals surface area contributed by atoms with E-state index in [1.54, 1.807) is 29.6 Å². The monoisotopic (exact) mass is 573 g/mol. The maximum Gasteiger partial charge on any atom is 0.267 e. The van der Waals surface area contributed by atoms with Gasteiger partial charge in [0, 0.05) is 16.5 Å². The number of carbonyl (C=O) groups excluding carboxylic acids is 1.